The van der Waals surface area contributed by atoms with Gasteiger partial charge in [0.25, 0.3) is 0 Å². The van der Waals surface area contributed by atoms with Crippen molar-refractivity contribution >= 4 is 11.8 Å². The van der Waals surface area contributed by atoms with Crippen molar-refractivity contribution in [3.8, 4) is 0 Å². The van der Waals surface area contributed by atoms with Gasteiger partial charge in [-0.15, -0.1) is 11.8 Å². The summed E-state index contributed by atoms with van der Waals surface area (Å²) in [4.78, 5) is 8.45. The Morgan fingerprint density at radius 1 is 1.20 bits per heavy atom. The second-order valence-electron chi connectivity index (χ2n) is 5.87. The van der Waals surface area contributed by atoms with Gasteiger partial charge in [0.2, 0.25) is 0 Å². The number of nitrogens with zero attached hydrogens (tertiary/aromatic N) is 2. The first-order valence-corrected chi connectivity index (χ1v) is 7.88. The van der Waals surface area contributed by atoms with Crippen LogP contribution in [0, 0.1) is 5.41 Å². The van der Waals surface area contributed by atoms with Crippen molar-refractivity contribution in [2.45, 2.75) is 30.9 Å². The van der Waals surface area contributed by atoms with Gasteiger partial charge < -0.3 is 5.11 Å². The second-order valence-corrected chi connectivity index (χ2v) is 6.67. The summed E-state index contributed by atoms with van der Waals surface area (Å²) in [6.45, 7) is 4.20. The van der Waals surface area contributed by atoms with Crippen LogP contribution in [0.2, 0.25) is 0 Å². The lowest BCUT2D eigenvalue weighted by Crippen LogP contribution is -2.40. The molecule has 104 valence electrons. The highest BCUT2D eigenvalue weighted by Gasteiger charge is 2.53. The molecule has 1 unspecified atom stereocenters. The van der Waals surface area contributed by atoms with Crippen LogP contribution in [0.4, 0.5) is 0 Å². The first kappa shape index (κ1) is 13.6. The summed E-state index contributed by atoms with van der Waals surface area (Å²) < 4.78 is 0. The summed E-state index contributed by atoms with van der Waals surface area (Å²) in [5.74, 6) is 0. The number of rotatable bonds is 2. The number of thioether (sulfide) groups is 1. The van der Waals surface area contributed by atoms with Gasteiger partial charge in [0, 0.05) is 17.2 Å². The quantitative estimate of drug-likeness (QED) is 0.681. The molecule has 1 atom stereocenters. The van der Waals surface area contributed by atoms with Crippen molar-refractivity contribution in [3.63, 3.8) is 0 Å². The van der Waals surface area contributed by atoms with E-state index in [2.05, 4.69) is 29.9 Å². The van der Waals surface area contributed by atoms with E-state index in [1.807, 2.05) is 24.5 Å². The van der Waals surface area contributed by atoms with Gasteiger partial charge in [-0.05, 0) is 23.8 Å². The highest BCUT2D eigenvalue weighted by Crippen LogP contribution is 2.54. The first-order chi connectivity index (χ1) is 9.50. The van der Waals surface area contributed by atoms with E-state index in [9.17, 15) is 5.11 Å². The molecule has 3 rings (SSSR count). The van der Waals surface area contributed by atoms with Gasteiger partial charge in [-0.3, -0.25) is 0 Å². The molecule has 4 heteroatoms. The molecule has 0 aliphatic heterocycles. The van der Waals surface area contributed by atoms with E-state index in [0.29, 0.717) is 0 Å². The van der Waals surface area contributed by atoms with Gasteiger partial charge in [-0.2, -0.15) is 0 Å². The van der Waals surface area contributed by atoms with Crippen molar-refractivity contribution < 1.29 is 5.11 Å². The summed E-state index contributed by atoms with van der Waals surface area (Å²) in [5.41, 5.74) is 1.67. The Bertz CT molecular complexity index is 656. The molecule has 1 aromatic heterocycles. The van der Waals surface area contributed by atoms with Crippen LogP contribution < -0.4 is 0 Å². The SMILES string of the molecule is CSc1ncncc1C1(O)c2ccccc2CC1(C)C. The van der Waals surface area contributed by atoms with E-state index in [1.54, 1.807) is 18.0 Å². The van der Waals surface area contributed by atoms with Crippen LogP contribution in [0.3, 0.4) is 0 Å². The highest BCUT2D eigenvalue weighted by atomic mass is 32.2. The fraction of sp³-hybridized carbons (Fsp3) is 0.375. The molecule has 0 amide bonds. The zero-order valence-corrected chi connectivity index (χ0v) is 12.7. The molecular weight excluding hydrogens is 268 g/mol. The van der Waals surface area contributed by atoms with Crippen LogP contribution in [-0.2, 0) is 12.0 Å². The number of aromatic nitrogens is 2. The highest BCUT2D eigenvalue weighted by molar-refractivity contribution is 7.98. The maximum absolute atomic E-state index is 11.6. The zero-order valence-electron chi connectivity index (χ0n) is 11.9. The Kier molecular flexibility index (Phi) is 3.10. The molecule has 0 saturated carbocycles. The predicted octanol–water partition coefficient (Wildman–Crippen LogP) is 3.02. The molecule has 0 bridgehead atoms. The van der Waals surface area contributed by atoms with Crippen LogP contribution in [0.1, 0.15) is 30.5 Å². The van der Waals surface area contributed by atoms with Crippen molar-refractivity contribution in [1.29, 1.82) is 0 Å². The monoisotopic (exact) mass is 286 g/mol. The smallest absolute Gasteiger partial charge is 0.124 e. The molecule has 1 aliphatic carbocycles. The normalized spacial score (nSPS) is 23.6. The van der Waals surface area contributed by atoms with Crippen LogP contribution in [0.15, 0.2) is 41.8 Å². The van der Waals surface area contributed by atoms with Gasteiger partial charge >= 0.3 is 0 Å². The Hall–Kier alpha value is -1.39. The average molecular weight is 286 g/mol. The number of hydrogen-bond acceptors (Lipinski definition) is 4. The Morgan fingerprint density at radius 2 is 1.95 bits per heavy atom. The van der Waals surface area contributed by atoms with Crippen molar-refractivity contribution in [2.24, 2.45) is 5.41 Å². The summed E-state index contributed by atoms with van der Waals surface area (Å²) in [5, 5.41) is 12.4. The molecular formula is C16H18N2OS. The van der Waals surface area contributed by atoms with Gasteiger partial charge in [0.1, 0.15) is 17.0 Å². The van der Waals surface area contributed by atoms with E-state index >= 15 is 0 Å². The fourth-order valence-corrected chi connectivity index (χ4v) is 3.81. The molecule has 0 spiro atoms. The van der Waals surface area contributed by atoms with Crippen LogP contribution >= 0.6 is 11.8 Å². The molecule has 2 aromatic rings. The third-order valence-corrected chi connectivity index (χ3v) is 4.99. The lowest BCUT2D eigenvalue weighted by atomic mass is 9.72. The van der Waals surface area contributed by atoms with E-state index in [-0.39, 0.29) is 5.41 Å². The largest absolute Gasteiger partial charge is 0.380 e. The van der Waals surface area contributed by atoms with Crippen LogP contribution in [0.25, 0.3) is 0 Å². The molecule has 0 saturated heterocycles. The van der Waals surface area contributed by atoms with E-state index < -0.39 is 5.60 Å². The molecule has 20 heavy (non-hydrogen) atoms. The minimum atomic E-state index is -1.04. The molecule has 3 nitrogen and oxygen atoms in total. The van der Waals surface area contributed by atoms with E-state index in [0.717, 1.165) is 22.6 Å². The zero-order chi connectivity index (χ0) is 14.4. The standard InChI is InChI=1S/C16H18N2OS/c1-15(2)8-11-6-4-5-7-12(11)16(15,19)13-9-17-10-18-14(13)20-3/h4-7,9-10,19H,8H2,1-3H3. The number of fused-ring (bicyclic) bond motifs is 1. The maximum atomic E-state index is 11.6. The number of benzene rings is 1. The van der Waals surface area contributed by atoms with Gasteiger partial charge in [-0.25, -0.2) is 9.97 Å². The molecule has 1 heterocycles. The molecule has 0 fully saturated rings. The fourth-order valence-electron chi connectivity index (χ4n) is 3.23. The summed E-state index contributed by atoms with van der Waals surface area (Å²) in [6.07, 6.45) is 6.11. The third kappa shape index (κ3) is 1.71. The lowest BCUT2D eigenvalue weighted by molar-refractivity contribution is -0.0240. The number of hydrogen-bond donors (Lipinski definition) is 1. The van der Waals surface area contributed by atoms with Gasteiger partial charge in [0.15, 0.2) is 0 Å². The average Bonchev–Trinajstić information content (AvgIpc) is 2.67. The van der Waals surface area contributed by atoms with Crippen molar-refractivity contribution in [1.82, 2.24) is 9.97 Å². The van der Waals surface area contributed by atoms with Crippen molar-refractivity contribution in [3.05, 3.63) is 53.5 Å². The molecule has 1 N–H and O–H groups in total. The van der Waals surface area contributed by atoms with Crippen LogP contribution in [-0.4, -0.2) is 21.3 Å². The number of aliphatic hydroxyl groups is 1. The predicted molar refractivity (Wildman–Crippen MR) is 80.7 cm³/mol. The maximum Gasteiger partial charge on any atom is 0.124 e. The molecule has 1 aromatic carbocycles. The first-order valence-electron chi connectivity index (χ1n) is 6.66. The van der Waals surface area contributed by atoms with Crippen molar-refractivity contribution in [2.75, 3.05) is 6.26 Å². The van der Waals surface area contributed by atoms with Crippen LogP contribution in [0.5, 0.6) is 0 Å². The van der Waals surface area contributed by atoms with Gasteiger partial charge in [0.05, 0.1) is 0 Å². The van der Waals surface area contributed by atoms with E-state index in [4.69, 9.17) is 0 Å². The third-order valence-electron chi connectivity index (χ3n) is 4.28. The Labute approximate surface area is 123 Å². The second kappa shape index (κ2) is 4.57. The Morgan fingerprint density at radius 3 is 2.70 bits per heavy atom. The Balaban J connectivity index is 2.29. The molecule has 0 radical (unpaired) electrons. The van der Waals surface area contributed by atoms with Gasteiger partial charge in [-0.1, -0.05) is 38.1 Å². The summed E-state index contributed by atoms with van der Waals surface area (Å²) in [6, 6.07) is 8.12. The van der Waals surface area contributed by atoms with E-state index in [1.165, 1.54) is 11.9 Å². The molecule has 1 aliphatic rings. The topological polar surface area (TPSA) is 46.0 Å². The minimum Gasteiger partial charge on any atom is -0.380 e. The summed E-state index contributed by atoms with van der Waals surface area (Å²) in [7, 11) is 0. The lowest BCUT2D eigenvalue weighted by Gasteiger charge is -2.38. The summed E-state index contributed by atoms with van der Waals surface area (Å²) >= 11 is 1.55. The minimum absolute atomic E-state index is 0.286.